The van der Waals surface area contributed by atoms with Crippen molar-refractivity contribution in [3.63, 3.8) is 0 Å². The molecule has 1 radical (unpaired) electrons. The lowest BCUT2D eigenvalue weighted by Gasteiger charge is -2.27. The molecule has 3 rings (SSSR count). The third-order valence-electron chi connectivity index (χ3n) is 4.16. The van der Waals surface area contributed by atoms with E-state index in [1.165, 1.54) is 16.7 Å². The molecule has 2 atom stereocenters. The van der Waals surface area contributed by atoms with Gasteiger partial charge in [0.2, 0.25) is 5.89 Å². The Bertz CT molecular complexity index is 606. The number of hydrogen-bond acceptors (Lipinski definition) is 3. The molecule has 0 bridgehead atoms. The molecule has 1 aliphatic heterocycles. The second kappa shape index (κ2) is 5.37. The van der Waals surface area contributed by atoms with Gasteiger partial charge in [-0.05, 0) is 49.8 Å². The number of nitrogens with zero attached hydrogens (tertiary/aromatic N) is 3. The van der Waals surface area contributed by atoms with Crippen molar-refractivity contribution >= 4 is 0 Å². The maximum absolute atomic E-state index is 5.31. The summed E-state index contributed by atoms with van der Waals surface area (Å²) in [5.41, 5.74) is 4.06. The van der Waals surface area contributed by atoms with Crippen LogP contribution in [0.3, 0.4) is 0 Å². The highest BCUT2D eigenvalue weighted by Gasteiger charge is 2.28. The molecule has 105 valence electrons. The number of hydrogen-bond donors (Lipinski definition) is 0. The lowest BCUT2D eigenvalue weighted by Crippen LogP contribution is -2.29. The first-order chi connectivity index (χ1) is 9.63. The van der Waals surface area contributed by atoms with Gasteiger partial charge >= 0.3 is 0 Å². The van der Waals surface area contributed by atoms with Gasteiger partial charge in [-0.3, -0.25) is 0 Å². The minimum Gasteiger partial charge on any atom is -0.339 e. The average molecular weight is 270 g/mol. The van der Waals surface area contributed by atoms with Crippen LogP contribution in [0, 0.1) is 20.8 Å². The highest BCUT2D eigenvalue weighted by Crippen LogP contribution is 2.32. The quantitative estimate of drug-likeness (QED) is 0.843. The molecule has 1 saturated heterocycles. The number of rotatable bonds is 2. The second-order valence-electron chi connectivity index (χ2n) is 5.74. The molecule has 0 aliphatic carbocycles. The molecule has 1 aliphatic rings. The van der Waals surface area contributed by atoms with Gasteiger partial charge in [-0.25, -0.2) is 5.32 Å². The van der Waals surface area contributed by atoms with E-state index in [0.717, 1.165) is 25.4 Å². The van der Waals surface area contributed by atoms with Crippen molar-refractivity contribution in [1.82, 2.24) is 15.5 Å². The Morgan fingerprint density at radius 1 is 1.05 bits per heavy atom. The van der Waals surface area contributed by atoms with Crippen LogP contribution in [0.15, 0.2) is 22.7 Å². The second-order valence-corrected chi connectivity index (χ2v) is 5.74. The van der Waals surface area contributed by atoms with Crippen molar-refractivity contribution in [2.24, 2.45) is 0 Å². The molecule has 4 nitrogen and oxygen atoms in total. The molecular weight excluding hydrogens is 250 g/mol. The summed E-state index contributed by atoms with van der Waals surface area (Å²) in [5.74, 6) is 2.16. The van der Waals surface area contributed by atoms with Crippen molar-refractivity contribution in [2.45, 2.75) is 39.0 Å². The summed E-state index contributed by atoms with van der Waals surface area (Å²) in [5, 5.41) is 8.51. The third-order valence-corrected chi connectivity index (χ3v) is 4.16. The molecule has 1 fully saturated rings. The Labute approximate surface area is 119 Å². The number of aryl methyl sites for hydroxylation is 3. The minimum absolute atomic E-state index is 0.261. The van der Waals surface area contributed by atoms with Crippen LogP contribution in [0.5, 0.6) is 0 Å². The molecule has 2 heterocycles. The normalized spacial score (nSPS) is 22.9. The molecule has 2 aromatic rings. The summed E-state index contributed by atoms with van der Waals surface area (Å²) in [6.45, 7) is 7.86. The molecule has 0 spiro atoms. The third kappa shape index (κ3) is 2.61. The summed E-state index contributed by atoms with van der Waals surface area (Å²) in [6, 6.07) is 6.71. The molecule has 1 aromatic carbocycles. The van der Waals surface area contributed by atoms with Crippen LogP contribution >= 0.6 is 0 Å². The van der Waals surface area contributed by atoms with Crippen LogP contribution in [-0.4, -0.2) is 23.2 Å². The van der Waals surface area contributed by atoms with Crippen molar-refractivity contribution in [2.75, 3.05) is 13.1 Å². The SMILES string of the molecule is Cc1noc(C2C[N]CC(c3ccc(C)c(C)c3)C2)n1. The zero-order chi connectivity index (χ0) is 14.1. The fraction of sp³-hybridized carbons (Fsp3) is 0.500. The summed E-state index contributed by atoms with van der Waals surface area (Å²) in [7, 11) is 0. The fourth-order valence-electron chi connectivity index (χ4n) is 2.80. The Morgan fingerprint density at radius 2 is 1.85 bits per heavy atom. The smallest absolute Gasteiger partial charge is 0.231 e. The lowest BCUT2D eigenvalue weighted by molar-refractivity contribution is 0.305. The zero-order valence-electron chi connectivity index (χ0n) is 12.3. The topological polar surface area (TPSA) is 53.0 Å². The van der Waals surface area contributed by atoms with Crippen LogP contribution in [0.4, 0.5) is 0 Å². The van der Waals surface area contributed by atoms with Gasteiger partial charge in [0, 0.05) is 13.1 Å². The van der Waals surface area contributed by atoms with Crippen molar-refractivity contribution in [3.05, 3.63) is 46.6 Å². The molecular formula is C16H20N3O. The van der Waals surface area contributed by atoms with Gasteiger partial charge in [-0.15, -0.1) is 0 Å². The maximum atomic E-state index is 5.31. The van der Waals surface area contributed by atoms with Gasteiger partial charge in [0.05, 0.1) is 5.92 Å². The molecule has 20 heavy (non-hydrogen) atoms. The molecule has 0 saturated carbocycles. The maximum Gasteiger partial charge on any atom is 0.231 e. The summed E-state index contributed by atoms with van der Waals surface area (Å²) >= 11 is 0. The van der Waals surface area contributed by atoms with E-state index in [-0.39, 0.29) is 5.92 Å². The van der Waals surface area contributed by atoms with Crippen molar-refractivity contribution in [1.29, 1.82) is 0 Å². The van der Waals surface area contributed by atoms with E-state index in [9.17, 15) is 0 Å². The Kier molecular flexibility index (Phi) is 3.57. The van der Waals surface area contributed by atoms with Gasteiger partial charge in [0.25, 0.3) is 0 Å². The monoisotopic (exact) mass is 270 g/mol. The van der Waals surface area contributed by atoms with Crippen LogP contribution < -0.4 is 5.32 Å². The fourth-order valence-corrected chi connectivity index (χ4v) is 2.80. The standard InChI is InChI=1S/C16H20N3O/c1-10-4-5-13(6-11(10)2)14-7-15(9-17-8-14)16-18-12(3)19-20-16/h4-6,14-15H,7-9H2,1-3H3. The first-order valence-electron chi connectivity index (χ1n) is 7.14. The van der Waals surface area contributed by atoms with E-state index in [4.69, 9.17) is 4.52 Å². The number of piperidine rings is 1. The van der Waals surface area contributed by atoms with Crippen LogP contribution in [-0.2, 0) is 0 Å². The van der Waals surface area contributed by atoms with E-state index in [0.29, 0.717) is 11.7 Å². The largest absolute Gasteiger partial charge is 0.339 e. The van der Waals surface area contributed by atoms with Crippen molar-refractivity contribution in [3.8, 4) is 0 Å². The Hall–Kier alpha value is -1.68. The van der Waals surface area contributed by atoms with Crippen molar-refractivity contribution < 1.29 is 4.52 Å². The molecule has 0 N–H and O–H groups in total. The summed E-state index contributed by atoms with van der Waals surface area (Å²) in [6.07, 6.45) is 1.04. The van der Waals surface area contributed by atoms with E-state index in [2.05, 4.69) is 47.5 Å². The average Bonchev–Trinajstić information content (AvgIpc) is 2.89. The molecule has 2 unspecified atom stereocenters. The first kappa shape index (κ1) is 13.3. The molecule has 4 heteroatoms. The minimum atomic E-state index is 0.261. The predicted octanol–water partition coefficient (Wildman–Crippen LogP) is 2.87. The zero-order valence-corrected chi connectivity index (χ0v) is 12.3. The van der Waals surface area contributed by atoms with Gasteiger partial charge < -0.3 is 4.52 Å². The van der Waals surface area contributed by atoms with E-state index in [1.807, 2.05) is 6.92 Å². The van der Waals surface area contributed by atoms with Crippen LogP contribution in [0.2, 0.25) is 0 Å². The number of benzene rings is 1. The van der Waals surface area contributed by atoms with Gasteiger partial charge in [-0.2, -0.15) is 4.98 Å². The first-order valence-corrected chi connectivity index (χ1v) is 7.14. The van der Waals surface area contributed by atoms with Crippen LogP contribution in [0.1, 0.15) is 46.7 Å². The summed E-state index contributed by atoms with van der Waals surface area (Å²) in [4.78, 5) is 4.36. The van der Waals surface area contributed by atoms with E-state index >= 15 is 0 Å². The number of aromatic nitrogens is 2. The molecule has 1 aromatic heterocycles. The van der Waals surface area contributed by atoms with Gasteiger partial charge in [0.1, 0.15) is 0 Å². The predicted molar refractivity (Wildman–Crippen MR) is 76.9 cm³/mol. The van der Waals surface area contributed by atoms with Gasteiger partial charge in [-0.1, -0.05) is 23.4 Å². The summed E-state index contributed by atoms with van der Waals surface area (Å²) < 4.78 is 5.31. The molecule has 0 amide bonds. The lowest BCUT2D eigenvalue weighted by atomic mass is 9.84. The van der Waals surface area contributed by atoms with Crippen LogP contribution in [0.25, 0.3) is 0 Å². The van der Waals surface area contributed by atoms with Gasteiger partial charge in [0.15, 0.2) is 5.82 Å². The Morgan fingerprint density at radius 3 is 2.55 bits per heavy atom. The Balaban J connectivity index is 1.79. The highest BCUT2D eigenvalue weighted by molar-refractivity contribution is 5.32. The van der Waals surface area contributed by atoms with E-state index < -0.39 is 0 Å². The highest BCUT2D eigenvalue weighted by atomic mass is 16.5. The van der Waals surface area contributed by atoms with E-state index in [1.54, 1.807) is 0 Å².